The number of carbonyl (C=O) groups excluding carboxylic acids is 1. The van der Waals surface area contributed by atoms with Crippen LogP contribution in [0.3, 0.4) is 0 Å². The molecule has 1 atom stereocenters. The molecule has 2 aromatic rings. The lowest BCUT2D eigenvalue weighted by atomic mass is 9.71. The molecular formula is C22H29N5O2. The first-order chi connectivity index (χ1) is 14.0. The fraction of sp³-hybridized carbons (Fsp3) is 0.636. The van der Waals surface area contributed by atoms with Crippen molar-refractivity contribution in [3.05, 3.63) is 30.2 Å². The van der Waals surface area contributed by atoms with Gasteiger partial charge in [-0.1, -0.05) is 37.4 Å². The van der Waals surface area contributed by atoms with Crippen molar-refractivity contribution in [1.29, 1.82) is 0 Å². The fourth-order valence-electron chi connectivity index (χ4n) is 5.59. The number of hydrogen-bond donors (Lipinski definition) is 0. The maximum absolute atomic E-state index is 13.1. The Labute approximate surface area is 171 Å². The van der Waals surface area contributed by atoms with Crippen LogP contribution in [0.4, 0.5) is 0 Å². The predicted molar refractivity (Wildman–Crippen MR) is 108 cm³/mol. The molecule has 7 nitrogen and oxygen atoms in total. The van der Waals surface area contributed by atoms with Gasteiger partial charge in [-0.05, 0) is 38.4 Å². The third kappa shape index (κ3) is 3.25. The third-order valence-electron chi connectivity index (χ3n) is 7.18. The molecule has 5 rings (SSSR count). The first-order valence-corrected chi connectivity index (χ1v) is 10.7. The summed E-state index contributed by atoms with van der Waals surface area (Å²) in [7, 11) is 2.11. The highest BCUT2D eigenvalue weighted by atomic mass is 16.5. The van der Waals surface area contributed by atoms with E-state index in [-0.39, 0.29) is 16.9 Å². The molecule has 3 fully saturated rings. The highest BCUT2D eigenvalue weighted by molar-refractivity contribution is 5.83. The van der Waals surface area contributed by atoms with Crippen molar-refractivity contribution in [1.82, 2.24) is 24.9 Å². The minimum absolute atomic E-state index is 0.124. The van der Waals surface area contributed by atoms with Gasteiger partial charge < -0.3 is 9.42 Å². The van der Waals surface area contributed by atoms with E-state index in [0.717, 1.165) is 38.9 Å². The van der Waals surface area contributed by atoms with E-state index in [1.165, 1.54) is 19.3 Å². The van der Waals surface area contributed by atoms with Gasteiger partial charge in [0.15, 0.2) is 5.82 Å². The van der Waals surface area contributed by atoms with Crippen molar-refractivity contribution in [2.75, 3.05) is 26.7 Å². The number of carbonyl (C=O) groups is 1. The Balaban J connectivity index is 1.25. The number of pyridine rings is 1. The van der Waals surface area contributed by atoms with E-state index in [1.54, 1.807) is 6.20 Å². The lowest BCUT2D eigenvalue weighted by molar-refractivity contribution is -0.155. The van der Waals surface area contributed by atoms with Crippen LogP contribution in [0.1, 0.15) is 57.3 Å². The van der Waals surface area contributed by atoms with Crippen LogP contribution in [0.25, 0.3) is 11.6 Å². The molecule has 2 saturated heterocycles. The second-order valence-electron chi connectivity index (χ2n) is 9.59. The molecule has 1 aliphatic carbocycles. The molecule has 3 aliphatic rings. The molecule has 0 unspecified atom stereocenters. The van der Waals surface area contributed by atoms with Crippen LogP contribution in [-0.4, -0.2) is 57.5 Å². The SMILES string of the molecule is CN1CC2(C[C@H]1c1noc(-c3ccccn3)n1)CN(C(=O)C1(C)CCCCC1)C2. The highest BCUT2D eigenvalue weighted by Gasteiger charge is 2.55. The van der Waals surface area contributed by atoms with Crippen molar-refractivity contribution in [3.63, 3.8) is 0 Å². The van der Waals surface area contributed by atoms with E-state index in [4.69, 9.17) is 4.52 Å². The van der Waals surface area contributed by atoms with Crippen LogP contribution in [0.5, 0.6) is 0 Å². The summed E-state index contributed by atoms with van der Waals surface area (Å²) in [5.41, 5.74) is 0.712. The Morgan fingerprint density at radius 1 is 1.17 bits per heavy atom. The molecule has 2 aliphatic heterocycles. The summed E-state index contributed by atoms with van der Waals surface area (Å²) in [6, 6.07) is 5.78. The van der Waals surface area contributed by atoms with Gasteiger partial charge in [0.2, 0.25) is 5.91 Å². The number of rotatable bonds is 3. The van der Waals surface area contributed by atoms with Gasteiger partial charge in [-0.15, -0.1) is 0 Å². The normalized spacial score (nSPS) is 25.9. The predicted octanol–water partition coefficient (Wildman–Crippen LogP) is 3.31. The quantitative estimate of drug-likeness (QED) is 0.794. The van der Waals surface area contributed by atoms with Gasteiger partial charge in [-0.3, -0.25) is 14.7 Å². The minimum atomic E-state index is -0.144. The summed E-state index contributed by atoms with van der Waals surface area (Å²) in [5.74, 6) is 1.55. The Kier molecular flexibility index (Phi) is 4.46. The number of aromatic nitrogens is 3. The maximum atomic E-state index is 13.1. The van der Waals surface area contributed by atoms with Crippen molar-refractivity contribution >= 4 is 5.91 Å². The van der Waals surface area contributed by atoms with Crippen molar-refractivity contribution in [2.45, 2.75) is 51.5 Å². The van der Waals surface area contributed by atoms with Gasteiger partial charge in [-0.2, -0.15) is 4.98 Å². The number of amides is 1. The summed E-state index contributed by atoms with van der Waals surface area (Å²) in [4.78, 5) is 26.4. The van der Waals surface area contributed by atoms with Crippen LogP contribution >= 0.6 is 0 Å². The molecule has 154 valence electrons. The molecule has 4 heterocycles. The van der Waals surface area contributed by atoms with Gasteiger partial charge in [0, 0.05) is 36.7 Å². The van der Waals surface area contributed by atoms with Crippen LogP contribution < -0.4 is 0 Å². The van der Waals surface area contributed by atoms with Gasteiger partial charge in [-0.25, -0.2) is 0 Å². The first kappa shape index (κ1) is 18.7. The van der Waals surface area contributed by atoms with E-state index in [1.807, 2.05) is 18.2 Å². The average Bonchev–Trinajstić information content (AvgIpc) is 3.32. The summed E-state index contributed by atoms with van der Waals surface area (Å²) < 4.78 is 5.47. The minimum Gasteiger partial charge on any atom is -0.341 e. The molecule has 2 aromatic heterocycles. The number of likely N-dealkylation sites (tertiary alicyclic amines) is 2. The topological polar surface area (TPSA) is 75.4 Å². The molecule has 29 heavy (non-hydrogen) atoms. The Hall–Kier alpha value is -2.28. The zero-order valence-corrected chi connectivity index (χ0v) is 17.3. The largest absolute Gasteiger partial charge is 0.341 e. The molecule has 0 N–H and O–H groups in total. The third-order valence-corrected chi connectivity index (χ3v) is 7.18. The summed E-state index contributed by atoms with van der Waals surface area (Å²) in [6.07, 6.45) is 8.40. The van der Waals surface area contributed by atoms with Crippen LogP contribution in [0.15, 0.2) is 28.9 Å². The second kappa shape index (κ2) is 6.90. The molecule has 1 saturated carbocycles. The van der Waals surface area contributed by atoms with Gasteiger partial charge in [0.1, 0.15) is 5.69 Å². The zero-order chi connectivity index (χ0) is 20.1. The lowest BCUT2D eigenvalue weighted by Gasteiger charge is -2.51. The van der Waals surface area contributed by atoms with E-state index in [9.17, 15) is 4.79 Å². The molecular weight excluding hydrogens is 366 g/mol. The fourth-order valence-corrected chi connectivity index (χ4v) is 5.59. The second-order valence-corrected chi connectivity index (χ2v) is 9.59. The molecule has 0 aromatic carbocycles. The monoisotopic (exact) mass is 395 g/mol. The molecule has 7 heteroatoms. The molecule has 0 radical (unpaired) electrons. The van der Waals surface area contributed by atoms with E-state index in [2.05, 4.69) is 38.9 Å². The smallest absolute Gasteiger partial charge is 0.276 e. The van der Waals surface area contributed by atoms with E-state index in [0.29, 0.717) is 23.3 Å². The summed E-state index contributed by atoms with van der Waals surface area (Å²) >= 11 is 0. The zero-order valence-electron chi connectivity index (χ0n) is 17.3. The Morgan fingerprint density at radius 3 is 2.69 bits per heavy atom. The molecule has 1 spiro atoms. The first-order valence-electron chi connectivity index (χ1n) is 10.7. The standard InChI is InChI=1S/C22H29N5O2/c1-21(9-5-3-6-10-21)20(28)27-14-22(15-27)12-17(26(2)13-22)18-24-19(29-25-18)16-8-4-7-11-23-16/h4,7-8,11,17H,3,5-6,9-10,12-15H2,1-2H3/t17-/m0/s1. The number of hydrogen-bond acceptors (Lipinski definition) is 6. The molecule has 1 amide bonds. The van der Waals surface area contributed by atoms with Crippen molar-refractivity contribution in [3.8, 4) is 11.6 Å². The number of nitrogens with zero attached hydrogens (tertiary/aromatic N) is 5. The molecule has 0 bridgehead atoms. The highest BCUT2D eigenvalue weighted by Crippen LogP contribution is 2.49. The maximum Gasteiger partial charge on any atom is 0.276 e. The van der Waals surface area contributed by atoms with Gasteiger partial charge in [0.25, 0.3) is 5.89 Å². The van der Waals surface area contributed by atoms with Crippen LogP contribution in [0, 0.1) is 10.8 Å². The van der Waals surface area contributed by atoms with Gasteiger partial charge >= 0.3 is 0 Å². The summed E-state index contributed by atoms with van der Waals surface area (Å²) in [5, 5.41) is 4.24. The van der Waals surface area contributed by atoms with Gasteiger partial charge in [0.05, 0.1) is 6.04 Å². The van der Waals surface area contributed by atoms with Crippen LogP contribution in [0.2, 0.25) is 0 Å². The van der Waals surface area contributed by atoms with Crippen LogP contribution in [-0.2, 0) is 4.79 Å². The van der Waals surface area contributed by atoms with E-state index < -0.39 is 0 Å². The lowest BCUT2D eigenvalue weighted by Crippen LogP contribution is -2.62. The van der Waals surface area contributed by atoms with Crippen molar-refractivity contribution < 1.29 is 9.32 Å². The van der Waals surface area contributed by atoms with E-state index >= 15 is 0 Å². The van der Waals surface area contributed by atoms with Crippen molar-refractivity contribution in [2.24, 2.45) is 10.8 Å². The Morgan fingerprint density at radius 2 is 1.97 bits per heavy atom. The Bertz CT molecular complexity index is 884. The average molecular weight is 396 g/mol. The summed E-state index contributed by atoms with van der Waals surface area (Å²) in [6.45, 7) is 4.84.